The second kappa shape index (κ2) is 8.76. The van der Waals surface area contributed by atoms with Gasteiger partial charge in [0, 0.05) is 30.6 Å². The van der Waals surface area contributed by atoms with Crippen LogP contribution in [0.25, 0.3) is 10.9 Å². The van der Waals surface area contributed by atoms with Gasteiger partial charge in [-0.25, -0.2) is 0 Å². The van der Waals surface area contributed by atoms with Gasteiger partial charge < -0.3 is 14.3 Å². The number of benzene rings is 1. The molecule has 6 nitrogen and oxygen atoms in total. The molecule has 0 radical (unpaired) electrons. The van der Waals surface area contributed by atoms with Crippen LogP contribution >= 0.6 is 0 Å². The highest BCUT2D eigenvalue weighted by molar-refractivity contribution is 5.86. The zero-order valence-electron chi connectivity index (χ0n) is 16.0. The summed E-state index contributed by atoms with van der Waals surface area (Å²) in [7, 11) is 3.60. The largest absolute Gasteiger partial charge is 0.497 e. The summed E-state index contributed by atoms with van der Waals surface area (Å²) in [5.74, 6) is 1.93. The molecule has 1 aromatic heterocycles. The van der Waals surface area contributed by atoms with Gasteiger partial charge in [0.25, 0.3) is 0 Å². The first-order chi connectivity index (χ1) is 12.3. The SMILES string of the molecule is CC(C)=O.COc1ccc2c(OC3CC(C(C)=O)N(C)C3)ccnc2c1. The summed E-state index contributed by atoms with van der Waals surface area (Å²) in [6.45, 7) is 5.45. The fourth-order valence-electron chi connectivity index (χ4n) is 3.02. The number of carbonyl (C=O) groups excluding carboxylic acids is 2. The molecule has 1 aromatic carbocycles. The van der Waals surface area contributed by atoms with Crippen LogP contribution in [0.1, 0.15) is 27.2 Å². The van der Waals surface area contributed by atoms with E-state index in [1.807, 2.05) is 31.3 Å². The van der Waals surface area contributed by atoms with Crippen LogP contribution in [0.3, 0.4) is 0 Å². The quantitative estimate of drug-likeness (QED) is 0.837. The highest BCUT2D eigenvalue weighted by Crippen LogP contribution is 2.30. The van der Waals surface area contributed by atoms with Crippen molar-refractivity contribution in [2.24, 2.45) is 0 Å². The topological polar surface area (TPSA) is 68.7 Å². The number of aromatic nitrogens is 1. The predicted molar refractivity (Wildman–Crippen MR) is 101 cm³/mol. The summed E-state index contributed by atoms with van der Waals surface area (Å²) in [5, 5.41) is 0.956. The van der Waals surface area contributed by atoms with E-state index in [0.29, 0.717) is 0 Å². The standard InChI is InChI=1S/C17H20N2O3.C3H6O/c1-11(20)16-9-13(10-19(16)2)22-17-6-7-18-15-8-12(21-3)4-5-14(15)17;1-3(2)4/h4-8,13,16H,9-10H2,1-3H3;1-2H3. The number of fused-ring (bicyclic) bond motifs is 1. The molecule has 1 saturated heterocycles. The highest BCUT2D eigenvalue weighted by Gasteiger charge is 2.33. The fourth-order valence-corrected chi connectivity index (χ4v) is 3.02. The third kappa shape index (κ3) is 5.02. The maximum absolute atomic E-state index is 11.6. The van der Waals surface area contributed by atoms with Crippen LogP contribution in [-0.4, -0.2) is 54.3 Å². The van der Waals surface area contributed by atoms with Crippen molar-refractivity contribution >= 4 is 22.5 Å². The van der Waals surface area contributed by atoms with E-state index < -0.39 is 0 Å². The van der Waals surface area contributed by atoms with Gasteiger partial charge in [0.1, 0.15) is 29.2 Å². The van der Waals surface area contributed by atoms with E-state index in [0.717, 1.165) is 35.4 Å². The fraction of sp³-hybridized carbons (Fsp3) is 0.450. The number of likely N-dealkylation sites (tertiary alicyclic amines) is 1. The Bertz CT molecular complexity index is 786. The van der Waals surface area contributed by atoms with Gasteiger partial charge in [-0.2, -0.15) is 0 Å². The molecule has 0 saturated carbocycles. The van der Waals surface area contributed by atoms with Gasteiger partial charge in [-0.1, -0.05) is 0 Å². The van der Waals surface area contributed by atoms with Gasteiger partial charge in [0.15, 0.2) is 0 Å². The number of ether oxygens (including phenoxy) is 2. The van der Waals surface area contributed by atoms with E-state index >= 15 is 0 Å². The molecular weight excluding hydrogens is 332 g/mol. The van der Waals surface area contributed by atoms with Crippen molar-refractivity contribution in [3.63, 3.8) is 0 Å². The highest BCUT2D eigenvalue weighted by atomic mass is 16.5. The van der Waals surface area contributed by atoms with Crippen molar-refractivity contribution in [3.8, 4) is 11.5 Å². The van der Waals surface area contributed by atoms with Crippen LogP contribution < -0.4 is 9.47 Å². The van der Waals surface area contributed by atoms with Crippen LogP contribution in [0.4, 0.5) is 0 Å². The van der Waals surface area contributed by atoms with E-state index in [-0.39, 0.29) is 23.7 Å². The number of Topliss-reactive ketones (excluding diaryl/α,β-unsaturated/α-hetero) is 2. The van der Waals surface area contributed by atoms with Crippen molar-refractivity contribution in [1.82, 2.24) is 9.88 Å². The number of hydrogen-bond donors (Lipinski definition) is 0. The number of rotatable bonds is 4. The molecule has 140 valence electrons. The van der Waals surface area contributed by atoms with Crippen LogP contribution in [-0.2, 0) is 9.59 Å². The third-order valence-corrected chi connectivity index (χ3v) is 4.18. The first-order valence-electron chi connectivity index (χ1n) is 8.59. The van der Waals surface area contributed by atoms with Crippen molar-refractivity contribution in [2.75, 3.05) is 20.7 Å². The molecule has 6 heteroatoms. The zero-order valence-corrected chi connectivity index (χ0v) is 16.0. The van der Waals surface area contributed by atoms with Gasteiger partial charge in [0.05, 0.1) is 18.7 Å². The molecule has 1 fully saturated rings. The normalized spacial score (nSPS) is 19.6. The Kier molecular flexibility index (Phi) is 6.69. The van der Waals surface area contributed by atoms with Crippen molar-refractivity contribution in [3.05, 3.63) is 30.5 Å². The van der Waals surface area contributed by atoms with Crippen molar-refractivity contribution in [1.29, 1.82) is 0 Å². The maximum Gasteiger partial charge on any atom is 0.147 e. The number of likely N-dealkylation sites (N-methyl/N-ethyl adjacent to an activating group) is 1. The maximum atomic E-state index is 11.6. The Morgan fingerprint density at radius 3 is 2.46 bits per heavy atom. The van der Waals surface area contributed by atoms with E-state index in [4.69, 9.17) is 9.47 Å². The summed E-state index contributed by atoms with van der Waals surface area (Å²) >= 11 is 0. The van der Waals surface area contributed by atoms with Crippen LogP contribution in [0.2, 0.25) is 0 Å². The molecule has 0 aliphatic carbocycles. The lowest BCUT2D eigenvalue weighted by atomic mass is 10.1. The second-order valence-electron chi connectivity index (χ2n) is 6.64. The minimum atomic E-state index is -0.0433. The molecule has 26 heavy (non-hydrogen) atoms. The second-order valence-corrected chi connectivity index (χ2v) is 6.64. The predicted octanol–water partition coefficient (Wildman–Crippen LogP) is 2.88. The molecule has 2 atom stereocenters. The van der Waals surface area contributed by atoms with Crippen LogP contribution in [0.15, 0.2) is 30.5 Å². The lowest BCUT2D eigenvalue weighted by Gasteiger charge is -2.15. The van der Waals surface area contributed by atoms with Crippen molar-refractivity contribution in [2.45, 2.75) is 39.3 Å². The Hall–Kier alpha value is -2.47. The van der Waals surface area contributed by atoms with Crippen LogP contribution in [0, 0.1) is 0 Å². The number of hydrogen-bond acceptors (Lipinski definition) is 6. The summed E-state index contributed by atoms with van der Waals surface area (Å²) < 4.78 is 11.4. The lowest BCUT2D eigenvalue weighted by Crippen LogP contribution is -2.31. The van der Waals surface area contributed by atoms with Crippen LogP contribution in [0.5, 0.6) is 11.5 Å². The molecule has 0 bridgehead atoms. The number of carbonyl (C=O) groups is 2. The average molecular weight is 358 g/mol. The average Bonchev–Trinajstić information content (AvgIpc) is 2.94. The van der Waals surface area contributed by atoms with E-state index in [1.54, 1.807) is 20.2 Å². The minimum absolute atomic E-state index is 0.0200. The van der Waals surface area contributed by atoms with Gasteiger partial charge in [-0.3, -0.25) is 14.7 Å². The zero-order chi connectivity index (χ0) is 19.3. The summed E-state index contributed by atoms with van der Waals surface area (Å²) in [6, 6.07) is 7.57. The van der Waals surface area contributed by atoms with Gasteiger partial charge in [-0.15, -0.1) is 0 Å². The van der Waals surface area contributed by atoms with Gasteiger partial charge in [0.2, 0.25) is 0 Å². The molecule has 2 heterocycles. The van der Waals surface area contributed by atoms with Crippen molar-refractivity contribution < 1.29 is 19.1 Å². The molecule has 2 aromatic rings. The summed E-state index contributed by atoms with van der Waals surface area (Å²) in [4.78, 5) is 27.5. The summed E-state index contributed by atoms with van der Waals surface area (Å²) in [6.07, 6.45) is 2.48. The molecule has 0 N–H and O–H groups in total. The molecule has 3 rings (SSSR count). The molecular formula is C20H26N2O4. The molecule has 2 unspecified atom stereocenters. The van der Waals surface area contributed by atoms with Gasteiger partial charge in [-0.05, 0) is 46.0 Å². The molecule has 0 spiro atoms. The number of ketones is 2. The lowest BCUT2D eigenvalue weighted by molar-refractivity contribution is -0.120. The first kappa shape index (κ1) is 19.8. The minimum Gasteiger partial charge on any atom is -0.497 e. The molecule has 0 amide bonds. The molecule has 1 aliphatic heterocycles. The van der Waals surface area contributed by atoms with E-state index in [2.05, 4.69) is 9.88 Å². The smallest absolute Gasteiger partial charge is 0.147 e. The first-order valence-corrected chi connectivity index (χ1v) is 8.59. The number of nitrogens with zero attached hydrogens (tertiary/aromatic N) is 2. The molecule has 1 aliphatic rings. The van der Waals surface area contributed by atoms with E-state index in [1.165, 1.54) is 13.8 Å². The monoisotopic (exact) mass is 358 g/mol. The Morgan fingerprint density at radius 1 is 1.19 bits per heavy atom. The van der Waals surface area contributed by atoms with Gasteiger partial charge >= 0.3 is 0 Å². The number of methoxy groups -OCH3 is 1. The Balaban J connectivity index is 0.000000552. The Labute approximate surface area is 154 Å². The third-order valence-electron chi connectivity index (χ3n) is 4.18. The van der Waals surface area contributed by atoms with E-state index in [9.17, 15) is 9.59 Å². The summed E-state index contributed by atoms with van der Waals surface area (Å²) in [5.41, 5.74) is 0.839. The Morgan fingerprint density at radius 2 is 1.88 bits per heavy atom. The number of pyridine rings is 1.